The number of aromatic nitrogens is 2. The Kier molecular flexibility index (Phi) is 6.60. The first-order chi connectivity index (χ1) is 14.6. The molecule has 0 atom stereocenters. The van der Waals surface area contributed by atoms with E-state index in [4.69, 9.17) is 16.6 Å². The molecule has 1 aliphatic rings. The van der Waals surface area contributed by atoms with Crippen LogP contribution in [0, 0.1) is 11.7 Å². The smallest absolute Gasteiger partial charge is 0.126 e. The highest BCUT2D eigenvalue weighted by molar-refractivity contribution is 6.33. The fourth-order valence-electron chi connectivity index (χ4n) is 3.87. The highest BCUT2D eigenvalue weighted by atomic mass is 35.5. The van der Waals surface area contributed by atoms with E-state index in [1.54, 1.807) is 12.3 Å². The molecule has 1 aliphatic heterocycles. The third kappa shape index (κ3) is 5.35. The molecule has 1 aromatic carbocycles. The van der Waals surface area contributed by atoms with Gasteiger partial charge in [-0.1, -0.05) is 29.8 Å². The maximum absolute atomic E-state index is 13.4. The number of nitrogens with zero attached hydrogens (tertiary/aromatic N) is 3. The van der Waals surface area contributed by atoms with Crippen molar-refractivity contribution in [3.8, 4) is 11.3 Å². The predicted molar refractivity (Wildman–Crippen MR) is 120 cm³/mol. The van der Waals surface area contributed by atoms with Crippen LogP contribution in [0.25, 0.3) is 11.3 Å². The number of pyridine rings is 2. The average Bonchev–Trinajstić information content (AvgIpc) is 2.75. The predicted octanol–water partition coefficient (Wildman–Crippen LogP) is 5.43. The van der Waals surface area contributed by atoms with Crippen molar-refractivity contribution in [2.24, 2.45) is 5.92 Å². The van der Waals surface area contributed by atoms with Crippen molar-refractivity contribution in [1.82, 2.24) is 14.9 Å². The molecule has 0 saturated carbocycles. The van der Waals surface area contributed by atoms with Gasteiger partial charge in [-0.25, -0.2) is 9.37 Å². The summed E-state index contributed by atoms with van der Waals surface area (Å²) < 4.78 is 13.4. The van der Waals surface area contributed by atoms with Crippen LogP contribution in [0.3, 0.4) is 0 Å². The maximum atomic E-state index is 13.4. The van der Waals surface area contributed by atoms with Crippen molar-refractivity contribution >= 4 is 17.4 Å². The lowest BCUT2D eigenvalue weighted by Gasteiger charge is -2.28. The number of rotatable bonds is 6. The summed E-state index contributed by atoms with van der Waals surface area (Å²) in [6.45, 7) is 2.79. The fourth-order valence-corrected chi connectivity index (χ4v) is 4.07. The number of benzene rings is 1. The molecule has 0 spiro atoms. The topological polar surface area (TPSA) is 41.0 Å². The molecule has 3 heterocycles. The summed E-state index contributed by atoms with van der Waals surface area (Å²) in [7, 11) is 2.18. The minimum Gasteiger partial charge on any atom is -0.366 e. The van der Waals surface area contributed by atoms with Gasteiger partial charge in [-0.15, -0.1) is 0 Å². The zero-order chi connectivity index (χ0) is 20.9. The van der Waals surface area contributed by atoms with Crippen molar-refractivity contribution in [3.63, 3.8) is 0 Å². The molecule has 0 radical (unpaired) electrons. The number of anilines is 1. The fraction of sp³-hybridized carbons (Fsp3) is 0.333. The largest absolute Gasteiger partial charge is 0.366 e. The van der Waals surface area contributed by atoms with Gasteiger partial charge in [0.2, 0.25) is 0 Å². The minimum absolute atomic E-state index is 0.239. The van der Waals surface area contributed by atoms with Crippen LogP contribution in [0.15, 0.2) is 54.7 Å². The molecule has 2 aromatic heterocycles. The van der Waals surface area contributed by atoms with Crippen LogP contribution in [0.4, 0.5) is 10.2 Å². The molecule has 4 rings (SSSR count). The molecule has 1 saturated heterocycles. The first-order valence-electron chi connectivity index (χ1n) is 10.4. The van der Waals surface area contributed by atoms with Gasteiger partial charge in [0.1, 0.15) is 11.6 Å². The number of nitrogens with one attached hydrogen (secondary N) is 1. The normalized spacial score (nSPS) is 15.3. The van der Waals surface area contributed by atoms with Crippen LogP contribution in [-0.4, -0.2) is 35.0 Å². The Labute approximate surface area is 182 Å². The Bertz CT molecular complexity index is 1000. The Morgan fingerprint density at radius 3 is 2.73 bits per heavy atom. The van der Waals surface area contributed by atoms with Gasteiger partial charge in [0, 0.05) is 24.0 Å². The van der Waals surface area contributed by atoms with E-state index >= 15 is 0 Å². The quantitative estimate of drug-likeness (QED) is 0.572. The van der Waals surface area contributed by atoms with Crippen molar-refractivity contribution < 1.29 is 4.39 Å². The second-order valence-corrected chi connectivity index (χ2v) is 8.41. The highest BCUT2D eigenvalue weighted by Gasteiger charge is 2.18. The summed E-state index contributed by atoms with van der Waals surface area (Å²) in [6, 6.07) is 14.4. The third-order valence-corrected chi connectivity index (χ3v) is 5.94. The molecule has 1 N–H and O–H groups in total. The Balaban J connectivity index is 1.48. The van der Waals surface area contributed by atoms with Crippen molar-refractivity contribution in [3.05, 3.63) is 76.8 Å². The number of piperidine rings is 1. The highest BCUT2D eigenvalue weighted by Crippen LogP contribution is 2.29. The summed E-state index contributed by atoms with van der Waals surface area (Å²) in [5.41, 5.74) is 3.62. The standard InChI is InChI=1S/C24H26ClFN4/c1-30-10-8-17(9-11-30)13-20-14-21(22(25)16-27-20)23-6-3-7-24(29-23)28-15-18-4-2-5-19(26)12-18/h2-7,12,14,16-17H,8-11,13,15H2,1H3,(H,28,29). The van der Waals surface area contributed by atoms with Crippen LogP contribution in [0.1, 0.15) is 24.1 Å². The van der Waals surface area contributed by atoms with Gasteiger partial charge in [0.15, 0.2) is 0 Å². The number of hydrogen-bond donors (Lipinski definition) is 1. The zero-order valence-corrected chi connectivity index (χ0v) is 17.9. The van der Waals surface area contributed by atoms with Crippen molar-refractivity contribution in [1.29, 1.82) is 0 Å². The molecule has 0 bridgehead atoms. The van der Waals surface area contributed by atoms with Crippen LogP contribution >= 0.6 is 11.6 Å². The second kappa shape index (κ2) is 9.54. The van der Waals surface area contributed by atoms with Gasteiger partial charge in [0.05, 0.1) is 10.7 Å². The summed E-state index contributed by atoms with van der Waals surface area (Å²) >= 11 is 6.46. The summed E-state index contributed by atoms with van der Waals surface area (Å²) in [5, 5.41) is 3.86. The molecular weight excluding hydrogens is 399 g/mol. The molecular formula is C24H26ClFN4. The first kappa shape index (κ1) is 20.8. The van der Waals surface area contributed by atoms with Crippen molar-refractivity contribution in [2.75, 3.05) is 25.5 Å². The van der Waals surface area contributed by atoms with Gasteiger partial charge >= 0.3 is 0 Å². The van der Waals surface area contributed by atoms with E-state index in [0.717, 1.165) is 47.8 Å². The van der Waals surface area contributed by atoms with E-state index in [-0.39, 0.29) is 5.82 Å². The van der Waals surface area contributed by atoms with Gasteiger partial charge < -0.3 is 10.2 Å². The molecule has 30 heavy (non-hydrogen) atoms. The zero-order valence-electron chi connectivity index (χ0n) is 17.1. The first-order valence-corrected chi connectivity index (χ1v) is 10.7. The number of likely N-dealkylation sites (tertiary alicyclic amines) is 1. The Morgan fingerprint density at radius 2 is 1.93 bits per heavy atom. The Morgan fingerprint density at radius 1 is 1.13 bits per heavy atom. The van der Waals surface area contributed by atoms with Gasteiger partial charge in [-0.2, -0.15) is 0 Å². The molecule has 1 fully saturated rings. The lowest BCUT2D eigenvalue weighted by atomic mass is 9.92. The molecule has 0 unspecified atom stereocenters. The van der Waals surface area contributed by atoms with E-state index in [2.05, 4.69) is 28.3 Å². The van der Waals surface area contributed by atoms with E-state index in [9.17, 15) is 4.39 Å². The molecule has 3 aromatic rings. The van der Waals surface area contributed by atoms with Gasteiger partial charge in [0.25, 0.3) is 0 Å². The molecule has 0 amide bonds. The van der Waals surface area contributed by atoms with Crippen LogP contribution in [0.2, 0.25) is 5.02 Å². The van der Waals surface area contributed by atoms with E-state index < -0.39 is 0 Å². The lowest BCUT2D eigenvalue weighted by molar-refractivity contribution is 0.218. The van der Waals surface area contributed by atoms with E-state index in [1.165, 1.54) is 25.0 Å². The van der Waals surface area contributed by atoms with Gasteiger partial charge in [-0.3, -0.25) is 4.98 Å². The van der Waals surface area contributed by atoms with Gasteiger partial charge in [-0.05, 0) is 81.2 Å². The van der Waals surface area contributed by atoms with E-state index in [0.29, 0.717) is 17.5 Å². The summed E-state index contributed by atoms with van der Waals surface area (Å²) in [6.07, 6.45) is 5.10. The molecule has 156 valence electrons. The molecule has 4 nitrogen and oxygen atoms in total. The number of hydrogen-bond acceptors (Lipinski definition) is 4. The summed E-state index contributed by atoms with van der Waals surface area (Å²) in [5.74, 6) is 1.15. The monoisotopic (exact) mass is 424 g/mol. The van der Waals surface area contributed by atoms with Crippen LogP contribution < -0.4 is 5.32 Å². The van der Waals surface area contributed by atoms with Crippen LogP contribution in [0.5, 0.6) is 0 Å². The molecule has 0 aliphatic carbocycles. The minimum atomic E-state index is -0.239. The second-order valence-electron chi connectivity index (χ2n) is 8.00. The lowest BCUT2D eigenvalue weighted by Crippen LogP contribution is -2.31. The maximum Gasteiger partial charge on any atom is 0.126 e. The van der Waals surface area contributed by atoms with Crippen molar-refractivity contribution in [2.45, 2.75) is 25.8 Å². The van der Waals surface area contributed by atoms with Crippen LogP contribution in [-0.2, 0) is 13.0 Å². The molecule has 6 heteroatoms. The Hall–Kier alpha value is -2.50. The SMILES string of the molecule is CN1CCC(Cc2cc(-c3cccc(NCc4cccc(F)c4)n3)c(Cl)cn2)CC1. The van der Waals surface area contributed by atoms with E-state index in [1.807, 2.05) is 24.3 Å². The number of halogens is 2. The average molecular weight is 425 g/mol. The summed E-state index contributed by atoms with van der Waals surface area (Å²) in [4.78, 5) is 11.7. The third-order valence-electron chi connectivity index (χ3n) is 5.64.